The Morgan fingerprint density at radius 2 is 1.75 bits per heavy atom. The van der Waals surface area contributed by atoms with E-state index >= 15 is 0 Å². The molecule has 40 heavy (non-hydrogen) atoms. The van der Waals surface area contributed by atoms with Gasteiger partial charge in [0.05, 0.1) is 29.4 Å². The van der Waals surface area contributed by atoms with Gasteiger partial charge in [0, 0.05) is 30.7 Å². The summed E-state index contributed by atoms with van der Waals surface area (Å²) in [5.41, 5.74) is -0.589. The first-order valence-electron chi connectivity index (χ1n) is 14.0. The van der Waals surface area contributed by atoms with Gasteiger partial charge in [0.15, 0.2) is 0 Å². The molecule has 9 atom stereocenters. The van der Waals surface area contributed by atoms with Crippen LogP contribution in [0.1, 0.15) is 67.7 Å². The molecule has 0 bridgehead atoms. The average molecular weight is 588 g/mol. The van der Waals surface area contributed by atoms with Crippen molar-refractivity contribution in [2.75, 3.05) is 7.05 Å². The molecule has 3 aliphatic rings. The Hall–Kier alpha value is -1.78. The SMILES string of the molecule is C/C(=C\C1=CSC(C)N1C)[C@@H]1C/C=C(/C(F)(F)F)C[C@H]2[C@H](C)[C@@H]2[C@H](C)[C@H](O)[C@@H](C)C(=O)C(C)(C)[C@@H](O)CC(=O)O1. The average Bonchev–Trinajstić information content (AvgIpc) is 3.40. The van der Waals surface area contributed by atoms with Gasteiger partial charge in [-0.3, -0.25) is 9.59 Å². The Kier molecular flexibility index (Phi) is 10.00. The topological polar surface area (TPSA) is 87.1 Å². The highest BCUT2D eigenvalue weighted by atomic mass is 32.2. The minimum Gasteiger partial charge on any atom is -0.457 e. The van der Waals surface area contributed by atoms with E-state index in [0.29, 0.717) is 5.57 Å². The highest BCUT2D eigenvalue weighted by Crippen LogP contribution is 2.56. The van der Waals surface area contributed by atoms with E-state index in [1.54, 1.807) is 32.5 Å². The minimum absolute atomic E-state index is 0.0495. The molecule has 226 valence electrons. The number of cyclic esters (lactones) is 1. The second kappa shape index (κ2) is 12.2. The van der Waals surface area contributed by atoms with Crippen LogP contribution in [-0.2, 0) is 14.3 Å². The molecule has 1 fully saturated rings. The molecule has 1 saturated carbocycles. The van der Waals surface area contributed by atoms with Crippen LogP contribution in [0.3, 0.4) is 0 Å². The van der Waals surface area contributed by atoms with Crippen LogP contribution in [0.25, 0.3) is 0 Å². The van der Waals surface area contributed by atoms with Crippen LogP contribution in [0.4, 0.5) is 13.2 Å². The van der Waals surface area contributed by atoms with Gasteiger partial charge in [0.2, 0.25) is 0 Å². The van der Waals surface area contributed by atoms with Crippen molar-refractivity contribution in [1.82, 2.24) is 4.90 Å². The van der Waals surface area contributed by atoms with Crippen molar-refractivity contribution in [3.8, 4) is 0 Å². The third kappa shape index (κ3) is 6.98. The van der Waals surface area contributed by atoms with Crippen molar-refractivity contribution >= 4 is 23.5 Å². The molecule has 3 rings (SSSR count). The van der Waals surface area contributed by atoms with Crippen molar-refractivity contribution in [1.29, 1.82) is 0 Å². The van der Waals surface area contributed by atoms with Gasteiger partial charge in [0.25, 0.3) is 0 Å². The second-order valence-corrected chi connectivity index (χ2v) is 13.7. The van der Waals surface area contributed by atoms with Gasteiger partial charge in [0.1, 0.15) is 11.9 Å². The molecule has 1 unspecified atom stereocenters. The molecule has 1 aliphatic carbocycles. The van der Waals surface area contributed by atoms with Crippen LogP contribution in [0, 0.1) is 35.0 Å². The molecular weight excluding hydrogens is 543 g/mol. The summed E-state index contributed by atoms with van der Waals surface area (Å²) in [5, 5.41) is 24.1. The van der Waals surface area contributed by atoms with E-state index < -0.39 is 65.5 Å². The number of thioether (sulfide) groups is 1. The third-order valence-electron chi connectivity index (χ3n) is 9.43. The second-order valence-electron chi connectivity index (χ2n) is 12.5. The van der Waals surface area contributed by atoms with E-state index in [1.807, 2.05) is 37.3 Å². The van der Waals surface area contributed by atoms with Gasteiger partial charge in [-0.05, 0) is 61.0 Å². The van der Waals surface area contributed by atoms with E-state index in [9.17, 15) is 33.0 Å². The lowest BCUT2D eigenvalue weighted by atomic mass is 9.72. The van der Waals surface area contributed by atoms with Crippen molar-refractivity contribution in [3.05, 3.63) is 34.4 Å². The third-order valence-corrected chi connectivity index (χ3v) is 10.5. The predicted octanol–water partition coefficient (Wildman–Crippen LogP) is 5.85. The van der Waals surface area contributed by atoms with Gasteiger partial charge in [-0.1, -0.05) is 40.7 Å². The molecule has 0 aromatic carbocycles. The first kappa shape index (κ1) is 32.7. The monoisotopic (exact) mass is 587 g/mol. The molecule has 0 amide bonds. The number of esters is 1. The van der Waals surface area contributed by atoms with Gasteiger partial charge in [-0.25, -0.2) is 0 Å². The summed E-state index contributed by atoms with van der Waals surface area (Å²) in [4.78, 5) is 28.4. The quantitative estimate of drug-likeness (QED) is 0.309. The molecule has 0 saturated heterocycles. The fourth-order valence-electron chi connectivity index (χ4n) is 6.14. The fourth-order valence-corrected chi connectivity index (χ4v) is 7.01. The number of likely N-dealkylation sites (N-methyl/N-ethyl adjacent to an activating group) is 1. The maximum Gasteiger partial charge on any atom is 0.412 e. The van der Waals surface area contributed by atoms with Crippen molar-refractivity contribution in [3.63, 3.8) is 0 Å². The number of ether oxygens (including phenoxy) is 1. The van der Waals surface area contributed by atoms with Crippen LogP contribution in [0.2, 0.25) is 0 Å². The van der Waals surface area contributed by atoms with Crippen molar-refractivity contribution in [2.24, 2.45) is 35.0 Å². The Morgan fingerprint density at radius 1 is 1.12 bits per heavy atom. The number of fused-ring (bicyclic) bond motifs is 1. The molecule has 0 spiro atoms. The number of aliphatic hydroxyl groups excluding tert-OH is 2. The first-order valence-corrected chi connectivity index (χ1v) is 14.9. The number of hydrogen-bond donors (Lipinski definition) is 2. The highest BCUT2D eigenvalue weighted by Gasteiger charge is 2.54. The van der Waals surface area contributed by atoms with Gasteiger partial charge >= 0.3 is 12.1 Å². The summed E-state index contributed by atoms with van der Waals surface area (Å²) in [6.07, 6.45) is -5.98. The lowest BCUT2D eigenvalue weighted by Gasteiger charge is -2.34. The van der Waals surface area contributed by atoms with E-state index in [0.717, 1.165) is 11.8 Å². The number of nitrogens with zero attached hydrogens (tertiary/aromatic N) is 1. The predicted molar refractivity (Wildman–Crippen MR) is 150 cm³/mol. The number of rotatable bonds is 2. The molecule has 2 aliphatic heterocycles. The lowest BCUT2D eigenvalue weighted by molar-refractivity contribution is -0.154. The summed E-state index contributed by atoms with van der Waals surface area (Å²) in [6.45, 7) is 12.0. The largest absolute Gasteiger partial charge is 0.457 e. The summed E-state index contributed by atoms with van der Waals surface area (Å²) < 4.78 is 48.2. The van der Waals surface area contributed by atoms with E-state index in [-0.39, 0.29) is 36.0 Å². The minimum atomic E-state index is -4.56. The Balaban J connectivity index is 2.01. The number of allylic oxidation sites excluding steroid dienone is 2. The molecule has 0 aromatic heterocycles. The summed E-state index contributed by atoms with van der Waals surface area (Å²) >= 11 is 1.61. The fraction of sp³-hybridized carbons (Fsp3) is 0.733. The molecule has 10 heteroatoms. The Bertz CT molecular complexity index is 1070. The summed E-state index contributed by atoms with van der Waals surface area (Å²) in [5.74, 6) is -3.01. The zero-order valence-corrected chi connectivity index (χ0v) is 25.5. The lowest BCUT2D eigenvalue weighted by Crippen LogP contribution is -2.46. The maximum atomic E-state index is 14.2. The molecule has 0 aromatic rings. The smallest absolute Gasteiger partial charge is 0.412 e. The number of ketones is 1. The zero-order valence-electron chi connectivity index (χ0n) is 24.7. The standard InChI is InChI=1S/C30H44F3NO5S/c1-15(11-21-14-40-19(5)34(21)8)23-10-9-20(30(31,32)33)12-22-16(2)26(22)17(3)27(37)18(4)28(38)29(6,7)24(35)13-25(36)39-23/h9,11,14,16-19,22-24,26-27,35,37H,10,12-13H2,1-8H3/b15-11+,20-9+/t16-,17-,18+,19?,22-,23-,24-,26+,27-/m0/s1. The van der Waals surface area contributed by atoms with E-state index in [4.69, 9.17) is 4.74 Å². The van der Waals surface area contributed by atoms with Crippen molar-refractivity contribution < 1.29 is 37.7 Å². The normalized spacial score (nSPS) is 39.7. The Labute approximate surface area is 240 Å². The molecular formula is C30H44F3NO5S. The molecule has 2 heterocycles. The maximum absolute atomic E-state index is 14.2. The highest BCUT2D eigenvalue weighted by molar-refractivity contribution is 8.02. The zero-order chi connectivity index (χ0) is 30.3. The number of alkyl halides is 3. The number of Topliss-reactive ketones (excluding diaryl/α,β-unsaturated/α-hetero) is 1. The molecule has 0 radical (unpaired) electrons. The first-order chi connectivity index (χ1) is 18.4. The van der Waals surface area contributed by atoms with Crippen LogP contribution in [-0.4, -0.2) is 63.8 Å². The van der Waals surface area contributed by atoms with Gasteiger partial charge < -0.3 is 19.8 Å². The number of carbonyl (C=O) groups is 2. The number of aliphatic hydroxyl groups is 2. The number of halogens is 3. The molecule has 2 N–H and O–H groups in total. The Morgan fingerprint density at radius 3 is 2.30 bits per heavy atom. The van der Waals surface area contributed by atoms with E-state index in [2.05, 4.69) is 0 Å². The van der Waals surface area contributed by atoms with Gasteiger partial charge in [-0.2, -0.15) is 13.2 Å². The van der Waals surface area contributed by atoms with Crippen LogP contribution >= 0.6 is 11.8 Å². The molecule has 6 nitrogen and oxygen atoms in total. The van der Waals surface area contributed by atoms with E-state index in [1.165, 1.54) is 13.8 Å². The van der Waals surface area contributed by atoms with Crippen LogP contribution < -0.4 is 0 Å². The van der Waals surface area contributed by atoms with Crippen molar-refractivity contribution in [2.45, 2.75) is 97.6 Å². The summed E-state index contributed by atoms with van der Waals surface area (Å²) in [7, 11) is 1.91. The number of hydrogen-bond acceptors (Lipinski definition) is 7. The van der Waals surface area contributed by atoms with Gasteiger partial charge in [-0.15, -0.1) is 11.8 Å². The van der Waals surface area contributed by atoms with Crippen LogP contribution in [0.15, 0.2) is 34.4 Å². The number of carbonyl (C=O) groups excluding carboxylic acids is 2. The van der Waals surface area contributed by atoms with Crippen LogP contribution in [0.5, 0.6) is 0 Å². The summed E-state index contributed by atoms with van der Waals surface area (Å²) in [6, 6.07) is 0.